The number of benzene rings is 1. The Hall–Kier alpha value is -1.83. The normalized spacial score (nSPS) is 29.1. The SMILES string of the molecule is CC#CC(O)(C(=O)OC1CN2CCC1CC2)c1ccccc1. The van der Waals surface area contributed by atoms with Crippen molar-refractivity contribution in [3.8, 4) is 11.8 Å². The maximum absolute atomic E-state index is 12.6. The van der Waals surface area contributed by atoms with Crippen LogP contribution in [-0.2, 0) is 15.1 Å². The molecule has 3 saturated heterocycles. The molecule has 4 heteroatoms. The van der Waals surface area contributed by atoms with Gasteiger partial charge in [0.25, 0.3) is 0 Å². The Kier molecular flexibility index (Phi) is 4.19. The summed E-state index contributed by atoms with van der Waals surface area (Å²) in [5.41, 5.74) is -1.43. The molecule has 0 saturated carbocycles. The third kappa shape index (κ3) is 2.75. The van der Waals surface area contributed by atoms with E-state index in [0.717, 1.165) is 32.5 Å². The van der Waals surface area contributed by atoms with Gasteiger partial charge in [-0.2, -0.15) is 0 Å². The molecule has 1 aromatic rings. The summed E-state index contributed by atoms with van der Waals surface area (Å²) in [6.07, 6.45) is 1.98. The maximum Gasteiger partial charge on any atom is 0.356 e. The minimum atomic E-state index is -1.89. The lowest BCUT2D eigenvalue weighted by Gasteiger charge is -2.44. The summed E-state index contributed by atoms with van der Waals surface area (Å²) < 4.78 is 5.66. The predicted molar refractivity (Wildman–Crippen MR) is 82.8 cm³/mol. The van der Waals surface area contributed by atoms with Crippen molar-refractivity contribution < 1.29 is 14.6 Å². The molecule has 0 spiro atoms. The molecule has 3 heterocycles. The van der Waals surface area contributed by atoms with Gasteiger partial charge in [0.1, 0.15) is 6.10 Å². The van der Waals surface area contributed by atoms with Crippen molar-refractivity contribution in [2.45, 2.75) is 31.5 Å². The molecule has 2 bridgehead atoms. The van der Waals surface area contributed by atoms with Crippen LogP contribution in [-0.4, -0.2) is 41.7 Å². The molecule has 4 rings (SSSR count). The van der Waals surface area contributed by atoms with Crippen molar-refractivity contribution in [3.63, 3.8) is 0 Å². The van der Waals surface area contributed by atoms with Crippen LogP contribution in [0.4, 0.5) is 0 Å². The van der Waals surface area contributed by atoms with Crippen LogP contribution in [0.2, 0.25) is 0 Å². The fourth-order valence-electron chi connectivity index (χ4n) is 3.37. The number of carbonyl (C=O) groups excluding carboxylic acids is 1. The molecule has 0 amide bonds. The molecule has 1 N–H and O–H groups in total. The van der Waals surface area contributed by atoms with Gasteiger partial charge in [-0.15, -0.1) is 5.92 Å². The van der Waals surface area contributed by atoms with Crippen molar-refractivity contribution in [3.05, 3.63) is 35.9 Å². The van der Waals surface area contributed by atoms with E-state index in [4.69, 9.17) is 4.74 Å². The Balaban J connectivity index is 1.80. The zero-order valence-corrected chi connectivity index (χ0v) is 12.8. The van der Waals surface area contributed by atoms with E-state index in [-0.39, 0.29) is 6.10 Å². The molecule has 2 atom stereocenters. The number of aliphatic hydroxyl groups is 1. The highest BCUT2D eigenvalue weighted by atomic mass is 16.6. The van der Waals surface area contributed by atoms with Crippen LogP contribution in [0, 0.1) is 17.8 Å². The number of ether oxygens (including phenoxy) is 1. The molecule has 4 nitrogen and oxygen atoms in total. The second-order valence-electron chi connectivity index (χ2n) is 6.03. The van der Waals surface area contributed by atoms with Gasteiger partial charge in [-0.05, 0) is 38.8 Å². The van der Waals surface area contributed by atoms with Crippen molar-refractivity contribution in [2.24, 2.45) is 5.92 Å². The topological polar surface area (TPSA) is 49.8 Å². The van der Waals surface area contributed by atoms with E-state index in [1.165, 1.54) is 0 Å². The number of rotatable bonds is 3. The van der Waals surface area contributed by atoms with Gasteiger partial charge in [0.05, 0.1) is 0 Å². The second kappa shape index (κ2) is 6.12. The largest absolute Gasteiger partial charge is 0.458 e. The van der Waals surface area contributed by atoms with Gasteiger partial charge >= 0.3 is 5.97 Å². The zero-order valence-electron chi connectivity index (χ0n) is 12.8. The number of hydrogen-bond acceptors (Lipinski definition) is 4. The summed E-state index contributed by atoms with van der Waals surface area (Å²) in [7, 11) is 0. The number of esters is 1. The van der Waals surface area contributed by atoms with Crippen LogP contribution in [0.15, 0.2) is 30.3 Å². The Bertz CT molecular complexity index is 596. The molecule has 22 heavy (non-hydrogen) atoms. The van der Waals surface area contributed by atoms with E-state index in [0.29, 0.717) is 11.5 Å². The molecular weight excluding hydrogens is 278 g/mol. The number of hydrogen-bond donors (Lipinski definition) is 1. The van der Waals surface area contributed by atoms with Crippen LogP contribution in [0.5, 0.6) is 0 Å². The standard InChI is InChI=1S/C18H21NO3/c1-2-10-18(21,15-6-4-3-5-7-15)17(20)22-16-13-19-11-8-14(16)9-12-19/h3-7,14,16,21H,8-9,11-13H2,1H3. The van der Waals surface area contributed by atoms with Gasteiger partial charge in [-0.3, -0.25) is 4.90 Å². The molecule has 3 aliphatic heterocycles. The fourth-order valence-corrected chi connectivity index (χ4v) is 3.37. The van der Waals surface area contributed by atoms with E-state index >= 15 is 0 Å². The zero-order chi connectivity index (χ0) is 15.6. The number of piperidine rings is 3. The van der Waals surface area contributed by atoms with Crippen LogP contribution in [0.1, 0.15) is 25.3 Å². The van der Waals surface area contributed by atoms with E-state index in [1.807, 2.05) is 6.07 Å². The first-order chi connectivity index (χ1) is 10.6. The minimum absolute atomic E-state index is 0.135. The maximum atomic E-state index is 12.6. The number of carbonyl (C=O) groups is 1. The van der Waals surface area contributed by atoms with Gasteiger partial charge in [-0.1, -0.05) is 36.3 Å². The predicted octanol–water partition coefficient (Wildman–Crippen LogP) is 1.53. The molecule has 0 radical (unpaired) electrons. The smallest absolute Gasteiger partial charge is 0.356 e. The van der Waals surface area contributed by atoms with Crippen LogP contribution >= 0.6 is 0 Å². The van der Waals surface area contributed by atoms with Crippen LogP contribution in [0.25, 0.3) is 0 Å². The third-order valence-electron chi connectivity index (χ3n) is 4.65. The highest BCUT2D eigenvalue weighted by molar-refractivity contribution is 5.85. The lowest BCUT2D eigenvalue weighted by Crippen LogP contribution is -2.53. The number of fused-ring (bicyclic) bond motifs is 3. The molecular formula is C18H21NO3. The quantitative estimate of drug-likeness (QED) is 0.679. The van der Waals surface area contributed by atoms with Crippen molar-refractivity contribution in [1.82, 2.24) is 4.90 Å². The van der Waals surface area contributed by atoms with E-state index in [1.54, 1.807) is 31.2 Å². The van der Waals surface area contributed by atoms with Crippen LogP contribution in [0.3, 0.4) is 0 Å². The molecule has 3 fully saturated rings. The van der Waals surface area contributed by atoms with Gasteiger partial charge in [-0.25, -0.2) is 4.79 Å². The molecule has 2 unspecified atom stereocenters. The van der Waals surface area contributed by atoms with Crippen molar-refractivity contribution in [1.29, 1.82) is 0 Å². The van der Waals surface area contributed by atoms with Gasteiger partial charge < -0.3 is 9.84 Å². The first-order valence-corrected chi connectivity index (χ1v) is 7.79. The Labute approximate surface area is 131 Å². The second-order valence-corrected chi connectivity index (χ2v) is 6.03. The van der Waals surface area contributed by atoms with E-state index in [9.17, 15) is 9.90 Å². The minimum Gasteiger partial charge on any atom is -0.458 e. The summed E-state index contributed by atoms with van der Waals surface area (Å²) in [5.74, 6) is 5.02. The summed E-state index contributed by atoms with van der Waals surface area (Å²) in [5, 5.41) is 10.8. The van der Waals surface area contributed by atoms with Crippen molar-refractivity contribution in [2.75, 3.05) is 19.6 Å². The fraction of sp³-hybridized carbons (Fsp3) is 0.500. The van der Waals surface area contributed by atoms with Gasteiger partial charge in [0.2, 0.25) is 5.60 Å². The monoisotopic (exact) mass is 299 g/mol. The Morgan fingerprint density at radius 3 is 2.55 bits per heavy atom. The molecule has 1 aromatic carbocycles. The Morgan fingerprint density at radius 2 is 2.00 bits per heavy atom. The third-order valence-corrected chi connectivity index (χ3v) is 4.65. The number of nitrogens with zero attached hydrogens (tertiary/aromatic N) is 1. The average Bonchev–Trinajstić information content (AvgIpc) is 2.57. The van der Waals surface area contributed by atoms with Gasteiger partial charge in [0.15, 0.2) is 0 Å². The van der Waals surface area contributed by atoms with Gasteiger partial charge in [0, 0.05) is 12.1 Å². The lowest BCUT2D eigenvalue weighted by atomic mass is 9.85. The molecule has 0 aromatic heterocycles. The summed E-state index contributed by atoms with van der Waals surface area (Å²) in [4.78, 5) is 14.9. The summed E-state index contributed by atoms with van der Waals surface area (Å²) in [6.45, 7) is 4.53. The highest BCUT2D eigenvalue weighted by Gasteiger charge is 2.43. The summed E-state index contributed by atoms with van der Waals surface area (Å²) in [6, 6.07) is 8.78. The summed E-state index contributed by atoms with van der Waals surface area (Å²) >= 11 is 0. The van der Waals surface area contributed by atoms with E-state index in [2.05, 4.69) is 16.7 Å². The first kappa shape index (κ1) is 15.1. The lowest BCUT2D eigenvalue weighted by molar-refractivity contribution is -0.175. The first-order valence-electron chi connectivity index (χ1n) is 7.79. The Morgan fingerprint density at radius 1 is 1.32 bits per heavy atom. The highest BCUT2D eigenvalue weighted by Crippen LogP contribution is 2.31. The van der Waals surface area contributed by atoms with Crippen LogP contribution < -0.4 is 0 Å². The van der Waals surface area contributed by atoms with E-state index < -0.39 is 11.6 Å². The van der Waals surface area contributed by atoms with Crippen molar-refractivity contribution >= 4 is 5.97 Å². The average molecular weight is 299 g/mol. The molecule has 3 aliphatic rings. The molecule has 116 valence electrons. The molecule has 0 aliphatic carbocycles.